The molecule has 0 aromatic rings. The van der Waals surface area contributed by atoms with Gasteiger partial charge in [-0.15, -0.1) is 0 Å². The standard InChI is InChI=1S/C11H16O8/c1-5(13)9(17)11(19-7(3)15)10(8(16)4-12)18-6(2)14/h4,8-11,16-17H,1-3H3/t8-,9+,10-,11-/m1/s1. The number of Topliss-reactive ketones (excluding diaryl/α,β-unsaturated/α-hetero) is 1. The van der Waals surface area contributed by atoms with Crippen molar-refractivity contribution in [1.82, 2.24) is 0 Å². The van der Waals surface area contributed by atoms with E-state index in [1.807, 2.05) is 0 Å². The molecule has 0 heterocycles. The zero-order chi connectivity index (χ0) is 15.2. The van der Waals surface area contributed by atoms with Crippen molar-refractivity contribution in [2.24, 2.45) is 0 Å². The predicted molar refractivity (Wildman–Crippen MR) is 59.9 cm³/mol. The van der Waals surface area contributed by atoms with Gasteiger partial charge in [-0.2, -0.15) is 0 Å². The number of carbonyl (C=O) groups excluding carboxylic acids is 4. The quantitative estimate of drug-likeness (QED) is 0.418. The number of aldehydes is 1. The summed E-state index contributed by atoms with van der Waals surface area (Å²) in [5.41, 5.74) is 0. The molecular formula is C11H16O8. The van der Waals surface area contributed by atoms with Crippen LogP contribution in [0.3, 0.4) is 0 Å². The van der Waals surface area contributed by atoms with Crippen LogP contribution in [0.4, 0.5) is 0 Å². The van der Waals surface area contributed by atoms with E-state index in [-0.39, 0.29) is 6.29 Å². The van der Waals surface area contributed by atoms with Gasteiger partial charge >= 0.3 is 11.9 Å². The maximum atomic E-state index is 11.1. The first kappa shape index (κ1) is 17.2. The van der Waals surface area contributed by atoms with Crippen molar-refractivity contribution in [3.05, 3.63) is 0 Å². The van der Waals surface area contributed by atoms with E-state index in [0.29, 0.717) is 0 Å². The lowest BCUT2D eigenvalue weighted by Gasteiger charge is -2.29. The summed E-state index contributed by atoms with van der Waals surface area (Å²) in [6.07, 6.45) is -6.97. The second kappa shape index (κ2) is 7.59. The summed E-state index contributed by atoms with van der Waals surface area (Å²) in [6.45, 7) is 3.01. The van der Waals surface area contributed by atoms with Gasteiger partial charge in [-0.25, -0.2) is 0 Å². The van der Waals surface area contributed by atoms with Crippen molar-refractivity contribution in [1.29, 1.82) is 0 Å². The van der Waals surface area contributed by atoms with Crippen LogP contribution in [-0.4, -0.2) is 58.6 Å². The van der Waals surface area contributed by atoms with Crippen molar-refractivity contribution in [3.63, 3.8) is 0 Å². The number of esters is 2. The molecule has 8 heteroatoms. The Kier molecular flexibility index (Phi) is 6.87. The summed E-state index contributed by atoms with van der Waals surface area (Å²) < 4.78 is 9.28. The van der Waals surface area contributed by atoms with E-state index >= 15 is 0 Å². The molecule has 0 aromatic carbocycles. The van der Waals surface area contributed by atoms with Crippen LogP contribution in [0.15, 0.2) is 0 Å². The number of aliphatic hydroxyl groups excluding tert-OH is 2. The summed E-state index contributed by atoms with van der Waals surface area (Å²) in [5, 5.41) is 19.0. The van der Waals surface area contributed by atoms with Gasteiger partial charge < -0.3 is 24.5 Å². The molecule has 108 valence electrons. The molecule has 0 aliphatic heterocycles. The topological polar surface area (TPSA) is 127 Å². The zero-order valence-corrected chi connectivity index (χ0v) is 10.7. The molecule has 0 aromatic heterocycles. The second-order valence-corrected chi connectivity index (χ2v) is 3.83. The summed E-state index contributed by atoms with van der Waals surface area (Å²) in [4.78, 5) is 43.5. The monoisotopic (exact) mass is 276 g/mol. The van der Waals surface area contributed by atoms with Gasteiger partial charge in [0.1, 0.15) is 6.10 Å². The Balaban J connectivity index is 5.32. The number of ether oxygens (including phenoxy) is 2. The van der Waals surface area contributed by atoms with Crippen molar-refractivity contribution < 1.29 is 38.9 Å². The van der Waals surface area contributed by atoms with Crippen LogP contribution in [0.2, 0.25) is 0 Å². The number of hydrogen-bond acceptors (Lipinski definition) is 8. The minimum Gasteiger partial charge on any atom is -0.455 e. The first-order valence-electron chi connectivity index (χ1n) is 5.37. The molecule has 8 nitrogen and oxygen atoms in total. The van der Waals surface area contributed by atoms with E-state index in [9.17, 15) is 29.4 Å². The van der Waals surface area contributed by atoms with Gasteiger partial charge in [0.2, 0.25) is 0 Å². The van der Waals surface area contributed by atoms with E-state index in [4.69, 9.17) is 0 Å². The minimum atomic E-state index is -1.85. The highest BCUT2D eigenvalue weighted by Crippen LogP contribution is 2.14. The van der Waals surface area contributed by atoms with E-state index in [0.717, 1.165) is 20.8 Å². The molecule has 0 rings (SSSR count). The van der Waals surface area contributed by atoms with E-state index in [1.54, 1.807) is 0 Å². The molecule has 0 bridgehead atoms. The van der Waals surface area contributed by atoms with Crippen LogP contribution >= 0.6 is 0 Å². The summed E-state index contributed by atoms with van der Waals surface area (Å²) in [6, 6.07) is 0. The van der Waals surface area contributed by atoms with Crippen molar-refractivity contribution in [2.75, 3.05) is 0 Å². The number of aliphatic hydroxyl groups is 2. The van der Waals surface area contributed by atoms with Gasteiger partial charge in [-0.1, -0.05) is 0 Å². The summed E-state index contributed by atoms with van der Waals surface area (Å²) in [7, 11) is 0. The Morgan fingerprint density at radius 3 is 1.68 bits per heavy atom. The lowest BCUT2D eigenvalue weighted by Crippen LogP contribution is -2.51. The maximum Gasteiger partial charge on any atom is 0.303 e. The smallest absolute Gasteiger partial charge is 0.303 e. The molecule has 0 spiro atoms. The average Bonchev–Trinajstić information content (AvgIpc) is 2.30. The molecule has 0 aliphatic rings. The molecule has 0 saturated heterocycles. The lowest BCUT2D eigenvalue weighted by atomic mass is 10.0. The van der Waals surface area contributed by atoms with Crippen LogP contribution in [0.25, 0.3) is 0 Å². The highest BCUT2D eigenvalue weighted by molar-refractivity contribution is 5.81. The minimum absolute atomic E-state index is 0.0386. The average molecular weight is 276 g/mol. The van der Waals surface area contributed by atoms with Crippen LogP contribution in [0.1, 0.15) is 20.8 Å². The van der Waals surface area contributed by atoms with Crippen molar-refractivity contribution in [3.8, 4) is 0 Å². The normalized spacial score (nSPS) is 16.7. The molecule has 2 N–H and O–H groups in total. The molecule has 19 heavy (non-hydrogen) atoms. The summed E-state index contributed by atoms with van der Waals surface area (Å²) in [5.74, 6) is -2.53. The largest absolute Gasteiger partial charge is 0.455 e. The SMILES string of the molecule is CC(=O)O[C@@H]([C@H](OC(C)=O)[C@@H](O)C(C)=O)[C@H](O)C=O. The number of rotatable bonds is 7. The van der Waals surface area contributed by atoms with Crippen LogP contribution in [0, 0.1) is 0 Å². The molecule has 0 aliphatic carbocycles. The van der Waals surface area contributed by atoms with E-state index in [1.165, 1.54) is 0 Å². The molecule has 0 amide bonds. The van der Waals surface area contributed by atoms with Gasteiger partial charge in [0.15, 0.2) is 30.4 Å². The summed E-state index contributed by atoms with van der Waals surface area (Å²) >= 11 is 0. The van der Waals surface area contributed by atoms with Gasteiger partial charge in [0, 0.05) is 13.8 Å². The lowest BCUT2D eigenvalue weighted by molar-refractivity contribution is -0.186. The highest BCUT2D eigenvalue weighted by Gasteiger charge is 2.40. The molecule has 0 saturated carbocycles. The molecule has 0 radical (unpaired) electrons. The third-order valence-corrected chi connectivity index (χ3v) is 2.13. The van der Waals surface area contributed by atoms with Crippen molar-refractivity contribution in [2.45, 2.75) is 45.2 Å². The van der Waals surface area contributed by atoms with Crippen LogP contribution in [-0.2, 0) is 28.7 Å². The maximum absolute atomic E-state index is 11.1. The Morgan fingerprint density at radius 2 is 1.37 bits per heavy atom. The Bertz CT molecular complexity index is 364. The van der Waals surface area contributed by atoms with Gasteiger partial charge in [0.25, 0.3) is 0 Å². The zero-order valence-electron chi connectivity index (χ0n) is 10.7. The predicted octanol–water partition coefficient (Wildman–Crippen LogP) is -1.64. The highest BCUT2D eigenvalue weighted by atomic mass is 16.6. The van der Waals surface area contributed by atoms with Crippen LogP contribution in [0.5, 0.6) is 0 Å². The third-order valence-electron chi connectivity index (χ3n) is 2.13. The fourth-order valence-electron chi connectivity index (χ4n) is 1.33. The number of hydrogen-bond donors (Lipinski definition) is 2. The van der Waals surface area contributed by atoms with Gasteiger partial charge in [0.05, 0.1) is 0 Å². The van der Waals surface area contributed by atoms with Gasteiger partial charge in [-0.3, -0.25) is 14.4 Å². The second-order valence-electron chi connectivity index (χ2n) is 3.83. The first-order chi connectivity index (χ1) is 8.70. The Hall–Kier alpha value is -1.80. The first-order valence-corrected chi connectivity index (χ1v) is 5.37. The Morgan fingerprint density at radius 1 is 0.947 bits per heavy atom. The number of carbonyl (C=O) groups is 4. The molecule has 0 fully saturated rings. The Labute approximate surface area is 109 Å². The fourth-order valence-corrected chi connectivity index (χ4v) is 1.33. The van der Waals surface area contributed by atoms with E-state index < -0.39 is 42.1 Å². The van der Waals surface area contributed by atoms with Crippen LogP contribution < -0.4 is 0 Å². The number of ketones is 1. The van der Waals surface area contributed by atoms with Crippen molar-refractivity contribution >= 4 is 24.0 Å². The fraction of sp³-hybridized carbons (Fsp3) is 0.636. The molecular weight excluding hydrogens is 260 g/mol. The van der Waals surface area contributed by atoms with E-state index in [2.05, 4.69) is 9.47 Å². The van der Waals surface area contributed by atoms with Gasteiger partial charge in [-0.05, 0) is 6.92 Å². The third kappa shape index (κ3) is 5.58. The molecule has 4 atom stereocenters. The molecule has 0 unspecified atom stereocenters.